The molecular formula is C33H51N3O5S. The van der Waals surface area contributed by atoms with Crippen molar-refractivity contribution in [3.8, 4) is 5.75 Å². The van der Waals surface area contributed by atoms with Crippen LogP contribution < -0.4 is 15.4 Å². The molecule has 1 spiro atoms. The fourth-order valence-corrected chi connectivity index (χ4v) is 10.3. The molecule has 234 valence electrons. The third kappa shape index (κ3) is 6.62. The molecule has 0 radical (unpaired) electrons. The van der Waals surface area contributed by atoms with Gasteiger partial charge in [-0.3, -0.25) is 14.4 Å². The molecule has 0 saturated carbocycles. The van der Waals surface area contributed by atoms with E-state index in [1.807, 2.05) is 31.2 Å². The molecule has 4 rings (SSSR count). The highest BCUT2D eigenvalue weighted by molar-refractivity contribution is 8.02. The van der Waals surface area contributed by atoms with Crippen molar-refractivity contribution in [2.75, 3.05) is 25.1 Å². The smallest absolute Gasteiger partial charge is 0.244 e. The normalized spacial score (nSPS) is 28.6. The largest absolute Gasteiger partial charge is 0.494 e. The number of hydrogen-bond donors (Lipinski definition) is 3. The van der Waals surface area contributed by atoms with E-state index in [9.17, 15) is 19.5 Å². The molecule has 3 aliphatic heterocycles. The maximum Gasteiger partial charge on any atom is 0.244 e. The maximum absolute atomic E-state index is 14.3. The van der Waals surface area contributed by atoms with Crippen LogP contribution in [0.4, 0.5) is 5.69 Å². The van der Waals surface area contributed by atoms with Crippen molar-refractivity contribution in [2.45, 2.75) is 109 Å². The lowest BCUT2D eigenvalue weighted by Gasteiger charge is -2.41. The number of thioether (sulfide) groups is 1. The van der Waals surface area contributed by atoms with Crippen molar-refractivity contribution in [1.29, 1.82) is 0 Å². The van der Waals surface area contributed by atoms with Crippen molar-refractivity contribution in [1.82, 2.24) is 10.2 Å². The first kappa shape index (κ1) is 32.6. The van der Waals surface area contributed by atoms with Crippen LogP contribution in [-0.2, 0) is 14.4 Å². The summed E-state index contributed by atoms with van der Waals surface area (Å²) in [7, 11) is 0. The summed E-state index contributed by atoms with van der Waals surface area (Å²) in [5.41, 5.74) is 0.241. The Labute approximate surface area is 256 Å². The molecule has 3 heterocycles. The minimum Gasteiger partial charge on any atom is -0.494 e. The quantitative estimate of drug-likeness (QED) is 0.267. The molecule has 6 atom stereocenters. The van der Waals surface area contributed by atoms with Crippen LogP contribution in [0, 0.1) is 23.2 Å². The van der Waals surface area contributed by atoms with Gasteiger partial charge in [0.05, 0.1) is 23.2 Å². The number of aliphatic hydroxyl groups is 1. The molecule has 2 bridgehead atoms. The molecule has 1 aromatic rings. The van der Waals surface area contributed by atoms with Gasteiger partial charge in [-0.1, -0.05) is 40.5 Å². The summed E-state index contributed by atoms with van der Waals surface area (Å²) in [5.74, 6) is -0.511. The van der Waals surface area contributed by atoms with Gasteiger partial charge in [-0.05, 0) is 82.1 Å². The number of aliphatic hydroxyl groups excluding tert-OH is 1. The monoisotopic (exact) mass is 601 g/mol. The molecular weight excluding hydrogens is 550 g/mol. The highest BCUT2D eigenvalue weighted by atomic mass is 32.2. The predicted molar refractivity (Wildman–Crippen MR) is 168 cm³/mol. The van der Waals surface area contributed by atoms with Crippen LogP contribution in [0.1, 0.15) is 87.0 Å². The van der Waals surface area contributed by atoms with Gasteiger partial charge in [-0.2, -0.15) is 0 Å². The van der Waals surface area contributed by atoms with E-state index in [0.29, 0.717) is 18.8 Å². The highest BCUT2D eigenvalue weighted by Gasteiger charge is 2.76. The summed E-state index contributed by atoms with van der Waals surface area (Å²) in [6.45, 7) is 15.9. The Morgan fingerprint density at radius 1 is 1.07 bits per heavy atom. The predicted octanol–water partition coefficient (Wildman–Crippen LogP) is 5.24. The molecule has 1 aromatic carbocycles. The zero-order valence-electron chi connectivity index (χ0n) is 26.5. The van der Waals surface area contributed by atoms with E-state index in [1.54, 1.807) is 16.7 Å². The van der Waals surface area contributed by atoms with E-state index in [-0.39, 0.29) is 40.9 Å². The van der Waals surface area contributed by atoms with Gasteiger partial charge in [-0.15, -0.1) is 11.8 Å². The Balaban J connectivity index is 1.62. The molecule has 9 heteroatoms. The minimum absolute atomic E-state index is 0.0127. The Hall–Kier alpha value is -2.26. The molecule has 8 nitrogen and oxygen atoms in total. The van der Waals surface area contributed by atoms with E-state index in [4.69, 9.17) is 4.74 Å². The van der Waals surface area contributed by atoms with Crippen molar-refractivity contribution in [3.63, 3.8) is 0 Å². The lowest BCUT2D eigenvalue weighted by molar-refractivity contribution is -0.139. The van der Waals surface area contributed by atoms with Gasteiger partial charge in [0.2, 0.25) is 17.7 Å². The maximum atomic E-state index is 14.3. The van der Waals surface area contributed by atoms with Crippen molar-refractivity contribution in [2.24, 2.45) is 23.2 Å². The number of carbonyl (C=O) groups is 3. The van der Waals surface area contributed by atoms with Crippen molar-refractivity contribution in [3.05, 3.63) is 24.3 Å². The zero-order valence-corrected chi connectivity index (χ0v) is 27.3. The van der Waals surface area contributed by atoms with Crippen LogP contribution in [0.5, 0.6) is 5.75 Å². The molecule has 3 N–H and O–H groups in total. The van der Waals surface area contributed by atoms with Crippen LogP contribution in [0.15, 0.2) is 24.3 Å². The fraction of sp³-hybridized carbons (Fsp3) is 0.727. The highest BCUT2D eigenvalue weighted by Crippen LogP contribution is 2.68. The van der Waals surface area contributed by atoms with Crippen LogP contribution >= 0.6 is 11.8 Å². The number of likely N-dealkylation sites (tertiary alicyclic amines) is 1. The van der Waals surface area contributed by atoms with Gasteiger partial charge in [0, 0.05) is 29.6 Å². The summed E-state index contributed by atoms with van der Waals surface area (Å²) in [5, 5.41) is 15.6. The molecule has 0 aliphatic carbocycles. The van der Waals surface area contributed by atoms with Crippen LogP contribution in [0.2, 0.25) is 0 Å². The number of unbranched alkanes of at least 4 members (excludes halogenated alkanes) is 3. The fourth-order valence-electron chi connectivity index (χ4n) is 7.91. The van der Waals surface area contributed by atoms with E-state index in [1.165, 1.54) is 0 Å². The van der Waals surface area contributed by atoms with Crippen molar-refractivity contribution < 1.29 is 24.2 Å². The standard InChI is InChI=1S/C33H51N3O5S/c1-8-41-23-15-13-22(14-16-23)34-28(38)25-24-19-21(2)33(42-24)26(25)30(40)36(17-11-9-10-12-18-37)27(33)29(39)35-32(6,7)20-31(3,4)5/h13-16,21,24-27,37H,8-12,17-20H2,1-7H3,(H,34,38)(H,35,39)/t21?,24-,25+,26+,27?,33?/m1/s1. The van der Waals surface area contributed by atoms with Crippen LogP contribution in [0.3, 0.4) is 0 Å². The lowest BCUT2D eigenvalue weighted by atomic mass is 9.65. The molecule has 3 fully saturated rings. The van der Waals surface area contributed by atoms with Crippen LogP contribution in [0.25, 0.3) is 0 Å². The molecule has 3 saturated heterocycles. The number of rotatable bonds is 13. The second-order valence-electron chi connectivity index (χ2n) is 14.3. The number of amides is 3. The summed E-state index contributed by atoms with van der Waals surface area (Å²) < 4.78 is 4.89. The number of fused-ring (bicyclic) bond motifs is 1. The van der Waals surface area contributed by atoms with E-state index >= 15 is 0 Å². The number of anilines is 1. The van der Waals surface area contributed by atoms with Gasteiger partial charge >= 0.3 is 0 Å². The number of nitrogens with zero attached hydrogens (tertiary/aromatic N) is 1. The Kier molecular flexibility index (Phi) is 9.93. The van der Waals surface area contributed by atoms with Gasteiger partial charge in [0.1, 0.15) is 11.8 Å². The van der Waals surface area contributed by atoms with Gasteiger partial charge in [0.25, 0.3) is 0 Å². The van der Waals surface area contributed by atoms with Gasteiger partial charge < -0.3 is 25.4 Å². The number of nitrogens with one attached hydrogen (secondary N) is 2. The third-order valence-electron chi connectivity index (χ3n) is 8.97. The molecule has 3 aliphatic rings. The Morgan fingerprint density at radius 2 is 1.74 bits per heavy atom. The third-order valence-corrected chi connectivity index (χ3v) is 11.0. The first-order valence-electron chi connectivity index (χ1n) is 15.7. The minimum atomic E-state index is -0.643. The number of ether oxygens (including phenoxy) is 1. The number of hydrogen-bond acceptors (Lipinski definition) is 6. The second kappa shape index (κ2) is 12.8. The first-order chi connectivity index (χ1) is 19.7. The number of carbonyl (C=O) groups excluding carboxylic acids is 3. The van der Waals surface area contributed by atoms with Crippen LogP contribution in [-0.4, -0.2) is 69.1 Å². The summed E-state index contributed by atoms with van der Waals surface area (Å²) >= 11 is 1.71. The number of benzene rings is 1. The Morgan fingerprint density at radius 3 is 2.36 bits per heavy atom. The molecule has 3 amide bonds. The van der Waals surface area contributed by atoms with E-state index < -0.39 is 28.2 Å². The zero-order chi connectivity index (χ0) is 30.9. The SMILES string of the molecule is CCOc1ccc(NC(=O)[C@@H]2[C@H]3C(=O)N(CCCCCCO)C(C(=O)NC(C)(C)CC(C)(C)C)C34S[C@@H]2CC4C)cc1. The van der Waals surface area contributed by atoms with Crippen molar-refractivity contribution >= 4 is 35.2 Å². The molecule has 0 aromatic heterocycles. The first-order valence-corrected chi connectivity index (χ1v) is 16.6. The topological polar surface area (TPSA) is 108 Å². The van der Waals surface area contributed by atoms with Gasteiger partial charge in [-0.25, -0.2) is 0 Å². The van der Waals surface area contributed by atoms with E-state index in [0.717, 1.165) is 44.3 Å². The molecule has 3 unspecified atom stereocenters. The lowest BCUT2D eigenvalue weighted by Crippen LogP contribution is -2.60. The summed E-state index contributed by atoms with van der Waals surface area (Å²) in [6, 6.07) is 6.68. The van der Waals surface area contributed by atoms with E-state index in [2.05, 4.69) is 52.2 Å². The average molecular weight is 602 g/mol. The summed E-state index contributed by atoms with van der Waals surface area (Å²) in [4.78, 5) is 44.3. The average Bonchev–Trinajstić information content (AvgIpc) is 3.47. The summed E-state index contributed by atoms with van der Waals surface area (Å²) in [6.07, 6.45) is 4.84. The second-order valence-corrected chi connectivity index (χ2v) is 15.8. The van der Waals surface area contributed by atoms with Gasteiger partial charge in [0.15, 0.2) is 0 Å². The molecule has 42 heavy (non-hydrogen) atoms. The Bertz CT molecular complexity index is 1130.